The molecule has 11 heteroatoms. The molecule has 2 aliphatic rings. The Morgan fingerprint density at radius 3 is 2.76 bits per heavy atom. The van der Waals surface area contributed by atoms with Crippen molar-refractivity contribution in [1.29, 1.82) is 0 Å². The van der Waals surface area contributed by atoms with E-state index in [1.165, 1.54) is 0 Å². The van der Waals surface area contributed by atoms with Gasteiger partial charge < -0.3 is 15.2 Å². The summed E-state index contributed by atoms with van der Waals surface area (Å²) in [5, 5.41) is 6.87. The summed E-state index contributed by atoms with van der Waals surface area (Å²) in [6.45, 7) is 3.02. The van der Waals surface area contributed by atoms with Crippen LogP contribution in [0.5, 0.6) is 0 Å². The van der Waals surface area contributed by atoms with E-state index in [-0.39, 0.29) is 25.1 Å². The van der Waals surface area contributed by atoms with Gasteiger partial charge in [0.25, 0.3) is 0 Å². The Labute approximate surface area is 168 Å². The lowest BCUT2D eigenvalue weighted by Crippen LogP contribution is -2.49. The third-order valence-electron chi connectivity index (χ3n) is 5.76. The molecule has 0 amide bonds. The molecule has 0 bridgehead atoms. The summed E-state index contributed by atoms with van der Waals surface area (Å²) in [6.07, 6.45) is 1.33. The van der Waals surface area contributed by atoms with Gasteiger partial charge >= 0.3 is 0 Å². The molecule has 0 aliphatic carbocycles. The standard InChI is InChI=1S/C18H26F2N6O2S/c1-11-7-12-8-22-18(23-15-4-6-25(10-14(15)20)29(2,27)28)24-17(12)26(11)16-3-5-21-9-13(16)19/h7-8,13-16,21H,3-6,9-10H2,1-2H3,(H,22,23,24)/t13-,14-,15-,16-/m1/s1. The number of aromatic nitrogens is 3. The van der Waals surface area contributed by atoms with Crippen molar-refractivity contribution in [2.75, 3.05) is 37.8 Å². The molecule has 0 radical (unpaired) electrons. The second kappa shape index (κ2) is 7.77. The highest BCUT2D eigenvalue weighted by molar-refractivity contribution is 7.88. The normalized spacial score (nSPS) is 29.2. The number of piperidine rings is 2. The molecular weight excluding hydrogens is 402 g/mol. The Morgan fingerprint density at radius 2 is 2.07 bits per heavy atom. The van der Waals surface area contributed by atoms with E-state index < -0.39 is 28.4 Å². The van der Waals surface area contributed by atoms with E-state index in [1.807, 2.05) is 17.6 Å². The van der Waals surface area contributed by atoms with E-state index in [0.29, 0.717) is 25.0 Å². The van der Waals surface area contributed by atoms with Crippen LogP contribution in [-0.2, 0) is 10.0 Å². The van der Waals surface area contributed by atoms with Crippen LogP contribution in [0, 0.1) is 6.92 Å². The largest absolute Gasteiger partial charge is 0.348 e. The van der Waals surface area contributed by atoms with Crippen LogP contribution in [0.4, 0.5) is 14.7 Å². The Hall–Kier alpha value is -1.85. The summed E-state index contributed by atoms with van der Waals surface area (Å²) >= 11 is 0. The van der Waals surface area contributed by atoms with Crippen molar-refractivity contribution in [1.82, 2.24) is 24.2 Å². The Morgan fingerprint density at radius 1 is 1.28 bits per heavy atom. The molecule has 4 rings (SSSR count). The number of fused-ring (bicyclic) bond motifs is 1. The van der Waals surface area contributed by atoms with Gasteiger partial charge in [0.1, 0.15) is 18.0 Å². The molecule has 160 valence electrons. The van der Waals surface area contributed by atoms with Crippen molar-refractivity contribution in [2.24, 2.45) is 0 Å². The van der Waals surface area contributed by atoms with E-state index in [4.69, 9.17) is 0 Å². The summed E-state index contributed by atoms with van der Waals surface area (Å²) in [4.78, 5) is 8.84. The maximum Gasteiger partial charge on any atom is 0.224 e. The van der Waals surface area contributed by atoms with Gasteiger partial charge in [0, 0.05) is 36.9 Å². The average Bonchev–Trinajstić information content (AvgIpc) is 2.98. The minimum Gasteiger partial charge on any atom is -0.348 e. The zero-order valence-electron chi connectivity index (χ0n) is 16.5. The van der Waals surface area contributed by atoms with E-state index >= 15 is 0 Å². The van der Waals surface area contributed by atoms with Crippen LogP contribution in [0.3, 0.4) is 0 Å². The first-order valence-corrected chi connectivity index (χ1v) is 11.6. The molecule has 29 heavy (non-hydrogen) atoms. The lowest BCUT2D eigenvalue weighted by Gasteiger charge is -2.33. The molecule has 0 unspecified atom stereocenters. The maximum absolute atomic E-state index is 14.6. The highest BCUT2D eigenvalue weighted by Gasteiger charge is 2.34. The smallest absolute Gasteiger partial charge is 0.224 e. The van der Waals surface area contributed by atoms with Gasteiger partial charge in [-0.2, -0.15) is 9.29 Å². The predicted octanol–water partition coefficient (Wildman–Crippen LogP) is 1.40. The summed E-state index contributed by atoms with van der Waals surface area (Å²) in [5.41, 5.74) is 1.53. The number of hydrogen-bond donors (Lipinski definition) is 2. The third kappa shape index (κ3) is 4.08. The molecule has 4 heterocycles. The van der Waals surface area contributed by atoms with Crippen LogP contribution in [0.1, 0.15) is 24.6 Å². The highest BCUT2D eigenvalue weighted by Crippen LogP contribution is 2.30. The van der Waals surface area contributed by atoms with Crippen LogP contribution in [0.15, 0.2) is 12.3 Å². The number of halogens is 2. The highest BCUT2D eigenvalue weighted by atomic mass is 32.2. The van der Waals surface area contributed by atoms with Crippen molar-refractivity contribution in [2.45, 2.75) is 44.2 Å². The second-order valence-corrected chi connectivity index (χ2v) is 9.86. The predicted molar refractivity (Wildman–Crippen MR) is 107 cm³/mol. The SMILES string of the molecule is Cc1cc2cnc(N[C@@H]3CCN(S(C)(=O)=O)C[C@H]3F)nc2n1[C@@H]1CCNC[C@H]1F. The fourth-order valence-electron chi connectivity index (χ4n) is 4.23. The summed E-state index contributed by atoms with van der Waals surface area (Å²) in [7, 11) is -3.41. The average molecular weight is 429 g/mol. The molecule has 2 aromatic rings. The molecule has 2 fully saturated rings. The monoisotopic (exact) mass is 428 g/mol. The molecule has 2 saturated heterocycles. The van der Waals surface area contributed by atoms with Gasteiger partial charge in [-0.05, 0) is 32.4 Å². The molecule has 0 aromatic carbocycles. The van der Waals surface area contributed by atoms with Crippen LogP contribution in [0.2, 0.25) is 0 Å². The number of hydrogen-bond acceptors (Lipinski definition) is 6. The van der Waals surface area contributed by atoms with Crippen LogP contribution in [0.25, 0.3) is 11.0 Å². The first-order valence-electron chi connectivity index (χ1n) is 9.79. The second-order valence-electron chi connectivity index (χ2n) is 7.88. The van der Waals surface area contributed by atoms with Crippen LogP contribution < -0.4 is 10.6 Å². The zero-order valence-corrected chi connectivity index (χ0v) is 17.3. The van der Waals surface area contributed by atoms with Gasteiger partial charge in [0.05, 0.1) is 18.3 Å². The van der Waals surface area contributed by atoms with Crippen molar-refractivity contribution in [3.05, 3.63) is 18.0 Å². The first kappa shape index (κ1) is 20.4. The molecule has 2 aromatic heterocycles. The van der Waals surface area contributed by atoms with Crippen molar-refractivity contribution >= 4 is 27.0 Å². The number of rotatable bonds is 4. The van der Waals surface area contributed by atoms with E-state index in [1.54, 1.807) is 6.20 Å². The van der Waals surface area contributed by atoms with Gasteiger partial charge in [-0.1, -0.05) is 0 Å². The van der Waals surface area contributed by atoms with Gasteiger partial charge in [-0.3, -0.25) is 0 Å². The Kier molecular flexibility index (Phi) is 5.47. The number of alkyl halides is 2. The van der Waals surface area contributed by atoms with E-state index in [2.05, 4.69) is 20.6 Å². The number of anilines is 1. The molecule has 8 nitrogen and oxygen atoms in total. The quantitative estimate of drug-likeness (QED) is 0.765. The fraction of sp³-hybridized carbons (Fsp3) is 0.667. The van der Waals surface area contributed by atoms with Gasteiger partial charge in [0.15, 0.2) is 0 Å². The number of nitrogens with one attached hydrogen (secondary N) is 2. The minimum atomic E-state index is -3.41. The lowest BCUT2D eigenvalue weighted by atomic mass is 10.0. The van der Waals surface area contributed by atoms with E-state index in [9.17, 15) is 17.2 Å². The summed E-state index contributed by atoms with van der Waals surface area (Å²) < 4.78 is 55.4. The number of sulfonamides is 1. The molecule has 2 aliphatic heterocycles. The molecule has 0 spiro atoms. The summed E-state index contributed by atoms with van der Waals surface area (Å²) in [5.74, 6) is 0.265. The molecular formula is C18H26F2N6O2S. The minimum absolute atomic E-state index is 0.188. The first-order chi connectivity index (χ1) is 13.7. The van der Waals surface area contributed by atoms with Gasteiger partial charge in [-0.15, -0.1) is 0 Å². The van der Waals surface area contributed by atoms with Crippen molar-refractivity contribution in [3.8, 4) is 0 Å². The third-order valence-corrected chi connectivity index (χ3v) is 7.03. The Balaban J connectivity index is 1.57. The molecule has 2 N–H and O–H groups in total. The maximum atomic E-state index is 14.6. The fourth-order valence-corrected chi connectivity index (χ4v) is 5.08. The number of nitrogens with zero attached hydrogens (tertiary/aromatic N) is 4. The lowest BCUT2D eigenvalue weighted by molar-refractivity contribution is 0.185. The van der Waals surface area contributed by atoms with Crippen LogP contribution >= 0.6 is 0 Å². The van der Waals surface area contributed by atoms with Crippen molar-refractivity contribution in [3.63, 3.8) is 0 Å². The molecule has 4 atom stereocenters. The van der Waals surface area contributed by atoms with Gasteiger partial charge in [-0.25, -0.2) is 22.2 Å². The van der Waals surface area contributed by atoms with Crippen molar-refractivity contribution < 1.29 is 17.2 Å². The Bertz CT molecular complexity index is 998. The zero-order chi connectivity index (χ0) is 20.8. The molecule has 0 saturated carbocycles. The van der Waals surface area contributed by atoms with Crippen LogP contribution in [-0.4, -0.2) is 78.1 Å². The topological polar surface area (TPSA) is 92.2 Å². The summed E-state index contributed by atoms with van der Waals surface area (Å²) in [6, 6.07) is 1.04. The number of aryl methyl sites for hydroxylation is 1. The van der Waals surface area contributed by atoms with Gasteiger partial charge in [0.2, 0.25) is 16.0 Å². The van der Waals surface area contributed by atoms with E-state index in [0.717, 1.165) is 28.2 Å².